The van der Waals surface area contributed by atoms with Crippen LogP contribution in [0.4, 0.5) is 0 Å². The van der Waals surface area contributed by atoms with Crippen LogP contribution in [0.15, 0.2) is 16.6 Å². The van der Waals surface area contributed by atoms with Crippen molar-refractivity contribution in [2.75, 3.05) is 0 Å². The van der Waals surface area contributed by atoms with Gasteiger partial charge in [-0.25, -0.2) is 0 Å². The fraction of sp³-hybridized carbons (Fsp3) is 0.571. The van der Waals surface area contributed by atoms with Gasteiger partial charge in [-0.05, 0) is 48.9 Å². The second kappa shape index (κ2) is 6.95. The fourth-order valence-electron chi connectivity index (χ4n) is 1.77. The highest BCUT2D eigenvalue weighted by atomic mass is 79.9. The summed E-state index contributed by atoms with van der Waals surface area (Å²) in [5, 5.41) is 9.92. The van der Waals surface area contributed by atoms with Crippen LogP contribution < -0.4 is 0 Å². The van der Waals surface area contributed by atoms with Gasteiger partial charge in [-0.3, -0.25) is 0 Å². The third-order valence-electron chi connectivity index (χ3n) is 2.85. The molecule has 0 aromatic heterocycles. The number of rotatable bonds is 6. The van der Waals surface area contributed by atoms with E-state index in [1.54, 1.807) is 0 Å². The van der Waals surface area contributed by atoms with Crippen molar-refractivity contribution in [2.24, 2.45) is 0 Å². The van der Waals surface area contributed by atoms with Gasteiger partial charge in [0.25, 0.3) is 0 Å². The van der Waals surface area contributed by atoms with E-state index in [-0.39, 0.29) is 0 Å². The minimum Gasteiger partial charge on any atom is -0.508 e. The van der Waals surface area contributed by atoms with Gasteiger partial charge in [0, 0.05) is 4.47 Å². The topological polar surface area (TPSA) is 20.2 Å². The molecule has 1 aromatic rings. The Morgan fingerprint density at radius 2 is 1.56 bits per heavy atom. The summed E-state index contributed by atoms with van der Waals surface area (Å²) in [6.07, 6.45) is 6.66. The molecule has 90 valence electrons. The van der Waals surface area contributed by atoms with Crippen LogP contribution in [0.3, 0.4) is 0 Å². The Bertz CT molecular complexity index is 300. The van der Waals surface area contributed by atoms with Gasteiger partial charge in [-0.15, -0.1) is 0 Å². The molecule has 0 saturated carbocycles. The van der Waals surface area contributed by atoms with E-state index in [4.69, 9.17) is 0 Å². The Morgan fingerprint density at radius 1 is 1.00 bits per heavy atom. The van der Waals surface area contributed by atoms with Gasteiger partial charge in [0.1, 0.15) is 5.75 Å². The molecule has 16 heavy (non-hydrogen) atoms. The van der Waals surface area contributed by atoms with Crippen LogP contribution in [-0.2, 0) is 12.8 Å². The first-order chi connectivity index (χ1) is 7.69. The van der Waals surface area contributed by atoms with Crippen LogP contribution >= 0.6 is 15.9 Å². The van der Waals surface area contributed by atoms with Crippen molar-refractivity contribution in [3.05, 3.63) is 27.7 Å². The minimum atomic E-state index is 0.461. The van der Waals surface area contributed by atoms with Crippen LogP contribution in [-0.4, -0.2) is 5.11 Å². The molecule has 1 aromatic carbocycles. The Kier molecular flexibility index (Phi) is 5.89. The van der Waals surface area contributed by atoms with E-state index in [2.05, 4.69) is 35.8 Å². The third kappa shape index (κ3) is 3.82. The number of aryl methyl sites for hydroxylation is 2. The van der Waals surface area contributed by atoms with Crippen LogP contribution in [0.2, 0.25) is 0 Å². The quantitative estimate of drug-likeness (QED) is 0.793. The lowest BCUT2D eigenvalue weighted by molar-refractivity contribution is 0.465. The fourth-order valence-corrected chi connectivity index (χ4v) is 2.36. The van der Waals surface area contributed by atoms with Gasteiger partial charge in [-0.2, -0.15) is 0 Å². The zero-order chi connectivity index (χ0) is 12.0. The number of aromatic hydroxyl groups is 1. The molecular formula is C14H21BrO. The van der Waals surface area contributed by atoms with E-state index < -0.39 is 0 Å². The molecule has 1 N–H and O–H groups in total. The summed E-state index contributed by atoms with van der Waals surface area (Å²) in [5.41, 5.74) is 2.29. The molecule has 0 atom stereocenters. The molecule has 1 rings (SSSR count). The summed E-state index contributed by atoms with van der Waals surface area (Å²) in [6.45, 7) is 4.35. The smallest absolute Gasteiger partial charge is 0.119 e. The predicted molar refractivity (Wildman–Crippen MR) is 73.0 cm³/mol. The van der Waals surface area contributed by atoms with Gasteiger partial charge in [0.2, 0.25) is 0 Å². The number of benzene rings is 1. The lowest BCUT2D eigenvalue weighted by Gasteiger charge is -2.09. The first-order valence-corrected chi connectivity index (χ1v) is 6.98. The molecule has 0 unspecified atom stereocenters. The number of hydrogen-bond acceptors (Lipinski definition) is 1. The average Bonchev–Trinajstić information content (AvgIpc) is 2.28. The largest absolute Gasteiger partial charge is 0.508 e. The van der Waals surface area contributed by atoms with Crippen LogP contribution in [0.1, 0.15) is 50.7 Å². The lowest BCUT2D eigenvalue weighted by Crippen LogP contribution is -1.92. The van der Waals surface area contributed by atoms with Crippen molar-refractivity contribution in [1.82, 2.24) is 0 Å². The highest BCUT2D eigenvalue weighted by Gasteiger charge is 2.07. The normalized spacial score (nSPS) is 10.7. The molecule has 0 heterocycles. The van der Waals surface area contributed by atoms with Crippen LogP contribution in [0.25, 0.3) is 0 Å². The van der Waals surface area contributed by atoms with E-state index in [0.29, 0.717) is 5.75 Å². The molecule has 0 amide bonds. The maximum absolute atomic E-state index is 9.92. The third-order valence-corrected chi connectivity index (χ3v) is 3.59. The summed E-state index contributed by atoms with van der Waals surface area (Å²) >= 11 is 3.59. The maximum atomic E-state index is 9.92. The summed E-state index contributed by atoms with van der Waals surface area (Å²) in [4.78, 5) is 0. The minimum absolute atomic E-state index is 0.461. The zero-order valence-corrected chi connectivity index (χ0v) is 11.8. The zero-order valence-electron chi connectivity index (χ0n) is 10.2. The number of unbranched alkanes of at least 4 members (excludes halogenated alkanes) is 2. The highest BCUT2D eigenvalue weighted by Crippen LogP contribution is 2.28. The van der Waals surface area contributed by atoms with E-state index in [0.717, 1.165) is 35.7 Å². The molecule has 1 nitrogen and oxygen atoms in total. The van der Waals surface area contributed by atoms with E-state index >= 15 is 0 Å². The van der Waals surface area contributed by atoms with E-state index in [1.165, 1.54) is 18.4 Å². The Hall–Kier alpha value is -0.500. The molecule has 0 fully saturated rings. The van der Waals surface area contributed by atoms with E-state index in [1.807, 2.05) is 6.07 Å². The van der Waals surface area contributed by atoms with Crippen molar-refractivity contribution in [1.29, 1.82) is 0 Å². The number of hydrogen-bond donors (Lipinski definition) is 1. The summed E-state index contributed by atoms with van der Waals surface area (Å²) in [7, 11) is 0. The molecule has 2 heteroatoms. The van der Waals surface area contributed by atoms with Gasteiger partial charge in [-0.1, -0.05) is 42.6 Å². The van der Waals surface area contributed by atoms with Gasteiger partial charge >= 0.3 is 0 Å². The average molecular weight is 285 g/mol. The second-order valence-corrected chi connectivity index (χ2v) is 5.13. The Labute approximate surface area is 107 Å². The van der Waals surface area contributed by atoms with E-state index in [9.17, 15) is 5.11 Å². The predicted octanol–water partition coefficient (Wildman–Crippen LogP) is 4.84. The van der Waals surface area contributed by atoms with Crippen molar-refractivity contribution < 1.29 is 5.11 Å². The lowest BCUT2D eigenvalue weighted by atomic mass is 10.0. The standard InChI is InChI=1S/C14H21BrO/c1-3-5-7-11-10-14(16)12(8-6-4-2)9-13(11)15/h9-10,16H,3-8H2,1-2H3. The molecule has 0 spiro atoms. The molecule has 0 saturated heterocycles. The number of halogens is 1. The first-order valence-electron chi connectivity index (χ1n) is 6.19. The number of phenolic OH excluding ortho intramolecular Hbond substituents is 1. The molecule has 0 radical (unpaired) electrons. The molecule has 0 aliphatic carbocycles. The highest BCUT2D eigenvalue weighted by molar-refractivity contribution is 9.10. The van der Waals surface area contributed by atoms with Crippen molar-refractivity contribution >= 4 is 15.9 Å². The first kappa shape index (κ1) is 13.6. The summed E-state index contributed by atoms with van der Waals surface area (Å²) in [5.74, 6) is 0.461. The van der Waals surface area contributed by atoms with Gasteiger partial charge in [0.15, 0.2) is 0 Å². The van der Waals surface area contributed by atoms with Gasteiger partial charge < -0.3 is 5.11 Å². The summed E-state index contributed by atoms with van der Waals surface area (Å²) in [6, 6.07) is 4.00. The second-order valence-electron chi connectivity index (χ2n) is 4.28. The Balaban J connectivity index is 2.79. The van der Waals surface area contributed by atoms with Gasteiger partial charge in [0.05, 0.1) is 0 Å². The van der Waals surface area contributed by atoms with Crippen molar-refractivity contribution in [3.63, 3.8) is 0 Å². The van der Waals surface area contributed by atoms with Crippen LogP contribution in [0.5, 0.6) is 5.75 Å². The maximum Gasteiger partial charge on any atom is 0.119 e. The van der Waals surface area contributed by atoms with Crippen LogP contribution in [0, 0.1) is 0 Å². The molecular weight excluding hydrogens is 264 g/mol. The van der Waals surface area contributed by atoms with Crippen molar-refractivity contribution in [3.8, 4) is 5.75 Å². The monoisotopic (exact) mass is 284 g/mol. The summed E-state index contributed by atoms with van der Waals surface area (Å²) < 4.78 is 1.14. The SMILES string of the molecule is CCCCc1cc(Br)c(CCCC)cc1O. The Morgan fingerprint density at radius 3 is 2.12 bits per heavy atom. The van der Waals surface area contributed by atoms with Crippen molar-refractivity contribution in [2.45, 2.75) is 52.4 Å². The molecule has 0 bridgehead atoms. The molecule has 0 aliphatic rings. The number of phenols is 1. The molecule has 0 aliphatic heterocycles.